The van der Waals surface area contributed by atoms with Crippen LogP contribution in [0.5, 0.6) is 0 Å². The van der Waals surface area contributed by atoms with Crippen molar-refractivity contribution in [1.82, 2.24) is 0 Å². The summed E-state index contributed by atoms with van der Waals surface area (Å²) in [5, 5.41) is 16.7. The molecule has 1 atom stereocenters. The molecule has 0 amide bonds. The number of nitrogens with two attached hydrogens (primary N) is 1. The smallest absolute Gasteiger partial charge is 0.325 e. The zero-order chi connectivity index (χ0) is 10.1. The highest BCUT2D eigenvalue weighted by Crippen LogP contribution is 2.04. The van der Waals surface area contributed by atoms with Crippen LogP contribution in [0, 0.1) is 0 Å². The maximum absolute atomic E-state index is 10.8. The van der Waals surface area contributed by atoms with Crippen molar-refractivity contribution >= 4 is 30.1 Å². The van der Waals surface area contributed by atoms with Gasteiger partial charge in [-0.2, -0.15) is 11.8 Å². The first-order valence-corrected chi connectivity index (χ1v) is 5.09. The van der Waals surface area contributed by atoms with Crippen LogP contribution < -0.4 is 5.73 Å². The molecule has 4 N–H and O–H groups in total. The number of carbonyl (C=O) groups excluding carboxylic acids is 1. The number of hydrogen-bond acceptors (Lipinski definition) is 6. The van der Waals surface area contributed by atoms with Crippen LogP contribution in [0.4, 0.5) is 0 Å². The molecule has 0 aliphatic heterocycles. The van der Waals surface area contributed by atoms with Crippen LogP contribution in [0.1, 0.15) is 6.42 Å². The average Bonchev–Trinajstić information content (AvgIpc) is 2.12. The molecule has 0 bridgehead atoms. The van der Waals surface area contributed by atoms with Gasteiger partial charge in [-0.15, -0.1) is 12.4 Å². The average molecular weight is 246 g/mol. The summed E-state index contributed by atoms with van der Waals surface area (Å²) in [7, 11) is 0. The van der Waals surface area contributed by atoms with Crippen LogP contribution >= 0.6 is 24.2 Å². The van der Waals surface area contributed by atoms with Gasteiger partial charge in [0.15, 0.2) is 6.79 Å². The van der Waals surface area contributed by atoms with Crippen molar-refractivity contribution in [1.29, 1.82) is 0 Å². The van der Waals surface area contributed by atoms with Crippen LogP contribution in [0.2, 0.25) is 0 Å². The molecule has 0 aliphatic rings. The number of halogens is 1. The fraction of sp³-hybridized carbons (Fsp3) is 0.857. The lowest BCUT2D eigenvalue weighted by Gasteiger charge is -2.08. The number of aliphatic hydroxyl groups excluding tert-OH is 2. The van der Waals surface area contributed by atoms with Crippen molar-refractivity contribution < 1.29 is 19.7 Å². The van der Waals surface area contributed by atoms with Gasteiger partial charge in [0.05, 0.1) is 0 Å². The first-order valence-electron chi connectivity index (χ1n) is 3.94. The van der Waals surface area contributed by atoms with E-state index in [4.69, 9.17) is 15.9 Å². The monoisotopic (exact) mass is 245 g/mol. The fourth-order valence-corrected chi connectivity index (χ4v) is 1.51. The van der Waals surface area contributed by atoms with Crippen LogP contribution in [0.25, 0.3) is 0 Å². The summed E-state index contributed by atoms with van der Waals surface area (Å²) in [5.74, 6) is 0.606. The van der Waals surface area contributed by atoms with Crippen molar-refractivity contribution in [2.75, 3.05) is 24.9 Å². The second kappa shape index (κ2) is 11.1. The van der Waals surface area contributed by atoms with Crippen LogP contribution in [0.15, 0.2) is 0 Å². The van der Waals surface area contributed by atoms with E-state index in [-0.39, 0.29) is 19.0 Å². The lowest BCUT2D eigenvalue weighted by Crippen LogP contribution is -2.34. The predicted molar refractivity (Wildman–Crippen MR) is 57.4 cm³/mol. The van der Waals surface area contributed by atoms with Gasteiger partial charge in [-0.1, -0.05) is 0 Å². The molecule has 0 spiro atoms. The molecule has 0 heterocycles. The summed E-state index contributed by atoms with van der Waals surface area (Å²) in [6.45, 7) is -0.489. The molecule has 5 nitrogen and oxygen atoms in total. The van der Waals surface area contributed by atoms with Gasteiger partial charge in [-0.05, 0) is 12.2 Å². The molecule has 0 rings (SSSR count). The second-order valence-electron chi connectivity index (χ2n) is 2.35. The number of thioether (sulfide) groups is 1. The Morgan fingerprint density at radius 1 is 1.50 bits per heavy atom. The molecule has 0 saturated carbocycles. The minimum atomic E-state index is -0.698. The zero-order valence-corrected chi connectivity index (χ0v) is 9.35. The lowest BCUT2D eigenvalue weighted by atomic mass is 10.4. The van der Waals surface area contributed by atoms with Gasteiger partial charge >= 0.3 is 5.97 Å². The molecular weight excluding hydrogens is 230 g/mol. The number of aliphatic hydroxyl groups is 2. The van der Waals surface area contributed by atoms with Gasteiger partial charge in [-0.3, -0.25) is 4.79 Å². The van der Waals surface area contributed by atoms with Crippen molar-refractivity contribution in [3.05, 3.63) is 0 Å². The van der Waals surface area contributed by atoms with E-state index in [1.54, 1.807) is 0 Å². The predicted octanol–water partition coefficient (Wildman–Crippen LogP) is -0.656. The third-order valence-corrected chi connectivity index (χ3v) is 2.43. The molecular formula is C7H16ClNO4S. The highest BCUT2D eigenvalue weighted by atomic mass is 35.5. The van der Waals surface area contributed by atoms with Crippen LogP contribution in [0.3, 0.4) is 0 Å². The Balaban J connectivity index is 0. The van der Waals surface area contributed by atoms with Gasteiger partial charge in [0.25, 0.3) is 0 Å². The van der Waals surface area contributed by atoms with Gasteiger partial charge < -0.3 is 20.7 Å². The van der Waals surface area contributed by atoms with E-state index in [2.05, 4.69) is 4.74 Å². The first kappa shape index (κ1) is 16.4. The fourth-order valence-electron chi connectivity index (χ4n) is 0.616. The van der Waals surface area contributed by atoms with E-state index < -0.39 is 18.8 Å². The molecule has 7 heteroatoms. The summed E-state index contributed by atoms with van der Waals surface area (Å²) in [4.78, 5) is 10.8. The highest BCUT2D eigenvalue weighted by Gasteiger charge is 2.13. The Bertz CT molecular complexity index is 150. The first-order chi connectivity index (χ1) is 6.22. The number of ether oxygens (including phenoxy) is 1. The van der Waals surface area contributed by atoms with Gasteiger partial charge in [0.1, 0.15) is 6.04 Å². The minimum Gasteiger partial charge on any atom is -0.438 e. The summed E-state index contributed by atoms with van der Waals surface area (Å²) < 4.78 is 4.29. The van der Waals surface area contributed by atoms with Gasteiger partial charge in [-0.25, -0.2) is 0 Å². The SMILES string of the molecule is Cl.N[C@@H](CSCCCO)C(=O)OCO. The number of carbonyl (C=O) groups is 1. The molecule has 0 aromatic heterocycles. The molecule has 0 fully saturated rings. The van der Waals surface area contributed by atoms with Crippen molar-refractivity contribution in [3.63, 3.8) is 0 Å². The van der Waals surface area contributed by atoms with Crippen molar-refractivity contribution in [2.24, 2.45) is 5.73 Å². The maximum atomic E-state index is 10.8. The van der Waals surface area contributed by atoms with Crippen LogP contribution in [-0.2, 0) is 9.53 Å². The Morgan fingerprint density at radius 2 is 2.14 bits per heavy atom. The molecule has 0 aromatic carbocycles. The molecule has 0 radical (unpaired) electrons. The Labute approximate surface area is 93.4 Å². The quantitative estimate of drug-likeness (QED) is 0.313. The Kier molecular flexibility index (Phi) is 13.0. The number of esters is 1. The maximum Gasteiger partial charge on any atom is 0.325 e. The van der Waals surface area contributed by atoms with E-state index in [9.17, 15) is 4.79 Å². The summed E-state index contributed by atoms with van der Waals surface area (Å²) >= 11 is 1.47. The molecule has 0 aromatic rings. The Hall–Kier alpha value is -0.0100. The Morgan fingerprint density at radius 3 is 2.64 bits per heavy atom. The standard InChI is InChI=1S/C7H15NO4S.ClH/c8-6(7(11)12-5-10)4-13-3-1-2-9;/h6,9-10H,1-5,8H2;1H/t6-;/m0./s1. The third kappa shape index (κ3) is 8.58. The molecule has 0 aliphatic carbocycles. The lowest BCUT2D eigenvalue weighted by molar-refractivity contribution is -0.152. The summed E-state index contributed by atoms with van der Waals surface area (Å²) in [6, 6.07) is -0.698. The van der Waals surface area contributed by atoms with Crippen LogP contribution in [-0.4, -0.2) is 47.1 Å². The van der Waals surface area contributed by atoms with E-state index in [1.807, 2.05) is 0 Å². The molecule has 0 unspecified atom stereocenters. The van der Waals surface area contributed by atoms with Crippen molar-refractivity contribution in [2.45, 2.75) is 12.5 Å². The highest BCUT2D eigenvalue weighted by molar-refractivity contribution is 7.99. The summed E-state index contributed by atoms with van der Waals surface area (Å²) in [6.07, 6.45) is 0.687. The van der Waals surface area contributed by atoms with E-state index in [0.717, 1.165) is 5.75 Å². The second-order valence-corrected chi connectivity index (χ2v) is 3.50. The molecule has 86 valence electrons. The third-order valence-electron chi connectivity index (χ3n) is 1.25. The number of rotatable bonds is 7. The van der Waals surface area contributed by atoms with E-state index in [1.165, 1.54) is 11.8 Å². The minimum absolute atomic E-state index is 0. The van der Waals surface area contributed by atoms with E-state index >= 15 is 0 Å². The zero-order valence-electron chi connectivity index (χ0n) is 7.72. The van der Waals surface area contributed by atoms with Gasteiger partial charge in [0.2, 0.25) is 0 Å². The largest absolute Gasteiger partial charge is 0.438 e. The summed E-state index contributed by atoms with van der Waals surface area (Å²) in [5.41, 5.74) is 5.42. The van der Waals surface area contributed by atoms with Crippen molar-refractivity contribution in [3.8, 4) is 0 Å². The van der Waals surface area contributed by atoms with Gasteiger partial charge in [0, 0.05) is 12.4 Å². The molecule has 0 saturated heterocycles. The van der Waals surface area contributed by atoms with E-state index in [0.29, 0.717) is 12.2 Å². The molecule has 14 heavy (non-hydrogen) atoms. The normalized spacial score (nSPS) is 11.6. The topological polar surface area (TPSA) is 92.8 Å². The number of hydrogen-bond donors (Lipinski definition) is 3.